The summed E-state index contributed by atoms with van der Waals surface area (Å²) in [6.07, 6.45) is 2.14. The van der Waals surface area contributed by atoms with Gasteiger partial charge in [0.05, 0.1) is 0 Å². The highest BCUT2D eigenvalue weighted by molar-refractivity contribution is 5.56. The normalized spacial score (nSPS) is 22.7. The van der Waals surface area contributed by atoms with E-state index in [4.69, 9.17) is 9.47 Å². The topological polar surface area (TPSA) is 30.5 Å². The van der Waals surface area contributed by atoms with Gasteiger partial charge in [0.15, 0.2) is 11.5 Å². The molecule has 21 heavy (non-hydrogen) atoms. The minimum Gasteiger partial charge on any atom is -0.454 e. The van der Waals surface area contributed by atoms with Gasteiger partial charge < -0.3 is 14.8 Å². The Kier molecular flexibility index (Phi) is 2.95. The summed E-state index contributed by atoms with van der Waals surface area (Å²) >= 11 is 0. The molecule has 0 unspecified atom stereocenters. The van der Waals surface area contributed by atoms with Crippen LogP contribution in [0.3, 0.4) is 0 Å². The van der Waals surface area contributed by atoms with Crippen LogP contribution in [0, 0.1) is 5.82 Å². The number of hydrogen-bond acceptors (Lipinski definition) is 3. The Bertz CT molecular complexity index is 650. The van der Waals surface area contributed by atoms with Gasteiger partial charge in [0, 0.05) is 17.8 Å². The van der Waals surface area contributed by atoms with E-state index in [1.165, 1.54) is 17.7 Å². The molecular weight excluding hydrogens is 269 g/mol. The van der Waals surface area contributed by atoms with Gasteiger partial charge >= 0.3 is 0 Å². The van der Waals surface area contributed by atoms with Crippen LogP contribution >= 0.6 is 0 Å². The first-order valence-corrected chi connectivity index (χ1v) is 7.19. The first kappa shape index (κ1) is 12.5. The fourth-order valence-electron chi connectivity index (χ4n) is 2.96. The summed E-state index contributed by atoms with van der Waals surface area (Å²) in [5.74, 6) is 1.96. The zero-order valence-electron chi connectivity index (χ0n) is 11.5. The maximum atomic E-state index is 12.9. The molecular formula is C17H16FNO2. The van der Waals surface area contributed by atoms with Gasteiger partial charge in [-0.1, -0.05) is 12.1 Å². The predicted octanol–water partition coefficient (Wildman–Crippen LogP) is 3.91. The Labute approximate surface area is 122 Å². The number of rotatable bonds is 3. The van der Waals surface area contributed by atoms with Gasteiger partial charge in [-0.2, -0.15) is 0 Å². The monoisotopic (exact) mass is 285 g/mol. The lowest BCUT2D eigenvalue weighted by atomic mass is 9.76. The Morgan fingerprint density at radius 3 is 2.52 bits per heavy atom. The number of anilines is 1. The second kappa shape index (κ2) is 4.95. The van der Waals surface area contributed by atoms with Crippen molar-refractivity contribution in [2.75, 3.05) is 12.1 Å². The van der Waals surface area contributed by atoms with E-state index in [-0.39, 0.29) is 5.82 Å². The maximum absolute atomic E-state index is 12.9. The first-order chi connectivity index (χ1) is 10.3. The molecule has 108 valence electrons. The average molecular weight is 285 g/mol. The van der Waals surface area contributed by atoms with Gasteiger partial charge in [0.1, 0.15) is 5.82 Å². The zero-order chi connectivity index (χ0) is 14.2. The third-order valence-corrected chi connectivity index (χ3v) is 4.22. The van der Waals surface area contributed by atoms with Crippen LogP contribution in [-0.4, -0.2) is 12.8 Å². The molecule has 0 aromatic heterocycles. The minimum absolute atomic E-state index is 0.173. The Morgan fingerprint density at radius 2 is 1.71 bits per heavy atom. The summed E-state index contributed by atoms with van der Waals surface area (Å²) in [4.78, 5) is 0. The Hall–Kier alpha value is -2.23. The number of hydrogen-bond donors (Lipinski definition) is 1. The molecule has 3 nitrogen and oxygen atoms in total. The van der Waals surface area contributed by atoms with Gasteiger partial charge in [0.25, 0.3) is 0 Å². The summed E-state index contributed by atoms with van der Waals surface area (Å²) in [6, 6.07) is 13.2. The summed E-state index contributed by atoms with van der Waals surface area (Å²) in [5, 5.41) is 3.51. The lowest BCUT2D eigenvalue weighted by Gasteiger charge is -2.37. The molecule has 1 fully saturated rings. The predicted molar refractivity (Wildman–Crippen MR) is 78.4 cm³/mol. The molecule has 1 saturated carbocycles. The molecule has 0 radical (unpaired) electrons. The molecule has 1 aliphatic heterocycles. The highest BCUT2D eigenvalue weighted by atomic mass is 19.1. The molecule has 0 spiro atoms. The van der Waals surface area contributed by atoms with Crippen molar-refractivity contribution in [3.05, 3.63) is 53.8 Å². The second-order valence-electron chi connectivity index (χ2n) is 5.63. The van der Waals surface area contributed by atoms with Crippen LogP contribution in [0.15, 0.2) is 42.5 Å². The van der Waals surface area contributed by atoms with Gasteiger partial charge in [-0.05, 0) is 48.6 Å². The molecule has 4 rings (SSSR count). The van der Waals surface area contributed by atoms with Crippen molar-refractivity contribution in [3.63, 3.8) is 0 Å². The molecule has 2 aromatic rings. The van der Waals surface area contributed by atoms with Gasteiger partial charge in [-0.3, -0.25) is 0 Å². The van der Waals surface area contributed by atoms with Crippen molar-refractivity contribution in [2.45, 2.75) is 24.8 Å². The van der Waals surface area contributed by atoms with Crippen molar-refractivity contribution in [2.24, 2.45) is 0 Å². The van der Waals surface area contributed by atoms with Crippen molar-refractivity contribution in [3.8, 4) is 11.5 Å². The van der Waals surface area contributed by atoms with Crippen LogP contribution < -0.4 is 14.8 Å². The molecule has 1 heterocycles. The van der Waals surface area contributed by atoms with Crippen molar-refractivity contribution in [1.29, 1.82) is 0 Å². The Morgan fingerprint density at radius 1 is 0.952 bits per heavy atom. The van der Waals surface area contributed by atoms with Crippen LogP contribution in [0.5, 0.6) is 11.5 Å². The van der Waals surface area contributed by atoms with Crippen molar-refractivity contribution in [1.82, 2.24) is 0 Å². The van der Waals surface area contributed by atoms with Crippen LogP contribution in [0.1, 0.15) is 24.3 Å². The van der Waals surface area contributed by atoms with Gasteiger partial charge in [-0.15, -0.1) is 0 Å². The first-order valence-electron chi connectivity index (χ1n) is 7.19. The van der Waals surface area contributed by atoms with E-state index in [0.717, 1.165) is 30.0 Å². The van der Waals surface area contributed by atoms with Crippen molar-refractivity contribution < 1.29 is 13.9 Å². The summed E-state index contributed by atoms with van der Waals surface area (Å²) < 4.78 is 23.6. The fourth-order valence-corrected chi connectivity index (χ4v) is 2.96. The van der Waals surface area contributed by atoms with Crippen LogP contribution in [0.25, 0.3) is 0 Å². The van der Waals surface area contributed by atoms with Gasteiger partial charge in [0.2, 0.25) is 6.79 Å². The van der Waals surface area contributed by atoms with E-state index >= 15 is 0 Å². The SMILES string of the molecule is Fc1ccc(C2CC(Nc3ccc4c(c3)OCO4)C2)cc1. The molecule has 0 bridgehead atoms. The molecule has 0 amide bonds. The third kappa shape index (κ3) is 2.42. The number of ether oxygens (including phenoxy) is 2. The molecule has 0 atom stereocenters. The molecule has 2 aromatic carbocycles. The van der Waals surface area contributed by atoms with E-state index in [2.05, 4.69) is 5.32 Å². The van der Waals surface area contributed by atoms with E-state index in [1.807, 2.05) is 30.3 Å². The molecule has 1 N–H and O–H groups in total. The summed E-state index contributed by atoms with van der Waals surface area (Å²) in [6.45, 7) is 0.300. The lowest BCUT2D eigenvalue weighted by Crippen LogP contribution is -2.33. The number of nitrogens with one attached hydrogen (secondary N) is 1. The van der Waals surface area contributed by atoms with Gasteiger partial charge in [-0.25, -0.2) is 4.39 Å². The van der Waals surface area contributed by atoms with Crippen molar-refractivity contribution >= 4 is 5.69 Å². The van der Waals surface area contributed by atoms with Crippen LogP contribution in [0.2, 0.25) is 0 Å². The minimum atomic E-state index is -0.173. The molecule has 0 saturated heterocycles. The maximum Gasteiger partial charge on any atom is 0.231 e. The Balaban J connectivity index is 1.37. The second-order valence-corrected chi connectivity index (χ2v) is 5.63. The van der Waals surface area contributed by atoms with E-state index in [0.29, 0.717) is 18.8 Å². The molecule has 4 heteroatoms. The fraction of sp³-hybridized carbons (Fsp3) is 0.294. The average Bonchev–Trinajstić information content (AvgIpc) is 2.91. The van der Waals surface area contributed by atoms with E-state index in [9.17, 15) is 4.39 Å². The summed E-state index contributed by atoms with van der Waals surface area (Å²) in [5.41, 5.74) is 2.28. The number of halogens is 1. The van der Waals surface area contributed by atoms with E-state index < -0.39 is 0 Å². The number of benzene rings is 2. The van der Waals surface area contributed by atoms with E-state index in [1.54, 1.807) is 0 Å². The number of fused-ring (bicyclic) bond motifs is 1. The zero-order valence-corrected chi connectivity index (χ0v) is 11.5. The molecule has 2 aliphatic rings. The highest BCUT2D eigenvalue weighted by Gasteiger charge is 2.30. The van der Waals surface area contributed by atoms with Crippen LogP contribution in [-0.2, 0) is 0 Å². The highest BCUT2D eigenvalue weighted by Crippen LogP contribution is 2.40. The third-order valence-electron chi connectivity index (χ3n) is 4.22. The quantitative estimate of drug-likeness (QED) is 0.927. The summed E-state index contributed by atoms with van der Waals surface area (Å²) in [7, 11) is 0. The molecule has 1 aliphatic carbocycles. The van der Waals surface area contributed by atoms with Crippen LogP contribution in [0.4, 0.5) is 10.1 Å². The standard InChI is InChI=1S/C17H16FNO2/c18-13-3-1-11(2-4-13)12-7-15(8-12)19-14-5-6-16-17(9-14)21-10-20-16/h1-6,9,12,15,19H,7-8,10H2. The lowest BCUT2D eigenvalue weighted by molar-refractivity contribution is 0.174. The largest absolute Gasteiger partial charge is 0.454 e. The smallest absolute Gasteiger partial charge is 0.231 e.